The molecule has 1 heterocycles. The monoisotopic (exact) mass is 303 g/mol. The Bertz CT molecular complexity index is 615. The predicted octanol–water partition coefficient (Wildman–Crippen LogP) is 2.49. The zero-order valence-corrected chi connectivity index (χ0v) is 11.9. The van der Waals surface area contributed by atoms with Crippen molar-refractivity contribution in [1.82, 2.24) is 10.3 Å². The first-order chi connectivity index (χ1) is 10.1. The van der Waals surface area contributed by atoms with Gasteiger partial charge in [0.1, 0.15) is 0 Å². The molecule has 0 aliphatic heterocycles. The molecule has 0 saturated carbocycles. The van der Waals surface area contributed by atoms with Crippen LogP contribution in [0.25, 0.3) is 0 Å². The minimum absolute atomic E-state index is 0.181. The van der Waals surface area contributed by atoms with Crippen LogP contribution in [0.2, 0.25) is 5.02 Å². The molecule has 108 valence electrons. The topological polar surface area (TPSA) is 71.1 Å². The fourth-order valence-corrected chi connectivity index (χ4v) is 1.78. The van der Waals surface area contributed by atoms with Crippen LogP contribution in [0.3, 0.4) is 0 Å². The van der Waals surface area contributed by atoms with Crippen molar-refractivity contribution < 1.29 is 9.59 Å². The van der Waals surface area contributed by atoms with Crippen molar-refractivity contribution in [3.05, 3.63) is 59.4 Å². The van der Waals surface area contributed by atoms with Crippen molar-refractivity contribution >= 4 is 29.1 Å². The molecule has 0 bridgehead atoms. The van der Waals surface area contributed by atoms with Crippen LogP contribution in [0, 0.1) is 0 Å². The maximum Gasteiger partial charge on any atom is 0.251 e. The Kier molecular flexibility index (Phi) is 5.29. The molecule has 1 aromatic carbocycles. The van der Waals surface area contributed by atoms with E-state index in [4.69, 9.17) is 11.6 Å². The van der Waals surface area contributed by atoms with Crippen molar-refractivity contribution in [3.63, 3.8) is 0 Å². The summed E-state index contributed by atoms with van der Waals surface area (Å²) < 4.78 is 0. The molecule has 0 aliphatic carbocycles. The molecule has 0 fully saturated rings. The third kappa shape index (κ3) is 4.89. The number of rotatable bonds is 5. The first-order valence-electron chi connectivity index (χ1n) is 6.39. The molecule has 0 radical (unpaired) electrons. The van der Waals surface area contributed by atoms with Crippen LogP contribution in [-0.2, 0) is 4.79 Å². The summed E-state index contributed by atoms with van der Waals surface area (Å²) in [5, 5.41) is 5.94. The molecule has 1 aromatic heterocycles. The number of nitrogens with one attached hydrogen (secondary N) is 2. The van der Waals surface area contributed by atoms with Gasteiger partial charge in [0.05, 0.1) is 11.9 Å². The molecule has 6 heteroatoms. The van der Waals surface area contributed by atoms with Gasteiger partial charge < -0.3 is 10.6 Å². The smallest absolute Gasteiger partial charge is 0.251 e. The summed E-state index contributed by atoms with van der Waals surface area (Å²) >= 11 is 5.75. The molecule has 0 saturated heterocycles. The Labute approximate surface area is 127 Å². The summed E-state index contributed by atoms with van der Waals surface area (Å²) in [7, 11) is 0. The highest BCUT2D eigenvalue weighted by molar-refractivity contribution is 6.30. The van der Waals surface area contributed by atoms with Crippen LogP contribution in [0.5, 0.6) is 0 Å². The third-order valence-corrected chi connectivity index (χ3v) is 2.94. The lowest BCUT2D eigenvalue weighted by Crippen LogP contribution is -2.27. The van der Waals surface area contributed by atoms with Gasteiger partial charge in [-0.3, -0.25) is 14.6 Å². The highest BCUT2D eigenvalue weighted by Crippen LogP contribution is 2.09. The van der Waals surface area contributed by atoms with Crippen LogP contribution in [0.15, 0.2) is 48.8 Å². The summed E-state index contributed by atoms with van der Waals surface area (Å²) in [6.45, 7) is 0.257. The number of benzene rings is 1. The number of halogens is 1. The Morgan fingerprint density at radius 3 is 2.57 bits per heavy atom. The number of hydrogen-bond donors (Lipinski definition) is 2. The largest absolute Gasteiger partial charge is 0.352 e. The Hall–Kier alpha value is -2.40. The first kappa shape index (κ1) is 15.0. The van der Waals surface area contributed by atoms with E-state index >= 15 is 0 Å². The molecule has 2 aromatic rings. The van der Waals surface area contributed by atoms with Crippen molar-refractivity contribution in [2.75, 3.05) is 11.9 Å². The van der Waals surface area contributed by atoms with E-state index in [1.165, 1.54) is 0 Å². The minimum Gasteiger partial charge on any atom is -0.352 e. The lowest BCUT2D eigenvalue weighted by molar-refractivity contribution is -0.116. The van der Waals surface area contributed by atoms with Crippen molar-refractivity contribution in [2.45, 2.75) is 6.42 Å². The van der Waals surface area contributed by atoms with Gasteiger partial charge in [-0.1, -0.05) is 11.6 Å². The molecule has 2 amide bonds. The number of carbonyl (C=O) groups is 2. The zero-order chi connectivity index (χ0) is 15.1. The molecule has 0 unspecified atom stereocenters. The second kappa shape index (κ2) is 7.40. The Morgan fingerprint density at radius 1 is 1.14 bits per heavy atom. The number of carbonyl (C=O) groups excluding carboxylic acids is 2. The predicted molar refractivity (Wildman–Crippen MR) is 81.3 cm³/mol. The average Bonchev–Trinajstić information content (AvgIpc) is 2.49. The fraction of sp³-hybridized carbons (Fsp3) is 0.133. The molecular weight excluding hydrogens is 290 g/mol. The third-order valence-electron chi connectivity index (χ3n) is 2.69. The van der Waals surface area contributed by atoms with E-state index < -0.39 is 0 Å². The number of nitrogens with zero attached hydrogens (tertiary/aromatic N) is 1. The van der Waals surface area contributed by atoms with E-state index in [0.29, 0.717) is 16.3 Å². The van der Waals surface area contributed by atoms with Crippen LogP contribution in [0.4, 0.5) is 5.69 Å². The Balaban J connectivity index is 1.75. The van der Waals surface area contributed by atoms with Gasteiger partial charge in [-0.25, -0.2) is 0 Å². The van der Waals surface area contributed by atoms with E-state index in [-0.39, 0.29) is 24.8 Å². The second-order valence-electron chi connectivity index (χ2n) is 4.30. The Morgan fingerprint density at radius 2 is 1.90 bits per heavy atom. The van der Waals surface area contributed by atoms with Gasteiger partial charge in [-0.2, -0.15) is 0 Å². The molecule has 0 aliphatic rings. The van der Waals surface area contributed by atoms with Gasteiger partial charge in [0, 0.05) is 29.7 Å². The number of amides is 2. The first-order valence-corrected chi connectivity index (χ1v) is 6.76. The summed E-state index contributed by atoms with van der Waals surface area (Å²) in [6, 6.07) is 10.0. The van der Waals surface area contributed by atoms with Gasteiger partial charge in [-0.15, -0.1) is 0 Å². The van der Waals surface area contributed by atoms with Gasteiger partial charge in [0.15, 0.2) is 0 Å². The molecule has 2 rings (SSSR count). The SMILES string of the molecule is O=C(CCNC(=O)c1ccc(Cl)cc1)Nc1cccnc1. The molecule has 21 heavy (non-hydrogen) atoms. The standard InChI is InChI=1S/C15H14ClN3O2/c16-12-5-3-11(4-6-12)15(21)18-9-7-14(20)19-13-2-1-8-17-10-13/h1-6,8,10H,7,9H2,(H,18,21)(H,19,20). The highest BCUT2D eigenvalue weighted by Gasteiger charge is 2.06. The van der Waals surface area contributed by atoms with E-state index in [1.807, 2.05) is 0 Å². The second-order valence-corrected chi connectivity index (χ2v) is 4.74. The number of anilines is 1. The maximum atomic E-state index is 11.8. The lowest BCUT2D eigenvalue weighted by Gasteiger charge is -2.06. The van der Waals surface area contributed by atoms with Gasteiger partial charge in [-0.05, 0) is 36.4 Å². The quantitative estimate of drug-likeness (QED) is 0.891. The maximum absolute atomic E-state index is 11.8. The van der Waals surface area contributed by atoms with E-state index in [0.717, 1.165) is 0 Å². The van der Waals surface area contributed by atoms with E-state index in [2.05, 4.69) is 15.6 Å². The zero-order valence-electron chi connectivity index (χ0n) is 11.2. The number of pyridine rings is 1. The van der Waals surface area contributed by atoms with Gasteiger partial charge >= 0.3 is 0 Å². The molecule has 0 atom stereocenters. The minimum atomic E-state index is -0.235. The van der Waals surface area contributed by atoms with Crippen molar-refractivity contribution in [3.8, 4) is 0 Å². The summed E-state index contributed by atoms with van der Waals surface area (Å²) in [4.78, 5) is 27.4. The van der Waals surface area contributed by atoms with Crippen molar-refractivity contribution in [2.24, 2.45) is 0 Å². The summed E-state index contributed by atoms with van der Waals surface area (Å²) in [6.07, 6.45) is 3.38. The van der Waals surface area contributed by atoms with Crippen LogP contribution >= 0.6 is 11.6 Å². The number of aromatic nitrogens is 1. The summed E-state index contributed by atoms with van der Waals surface area (Å²) in [5.74, 6) is -0.416. The number of hydrogen-bond acceptors (Lipinski definition) is 3. The van der Waals surface area contributed by atoms with E-state index in [1.54, 1.807) is 48.8 Å². The van der Waals surface area contributed by atoms with Crippen LogP contribution < -0.4 is 10.6 Å². The molecule has 5 nitrogen and oxygen atoms in total. The van der Waals surface area contributed by atoms with Crippen molar-refractivity contribution in [1.29, 1.82) is 0 Å². The average molecular weight is 304 g/mol. The van der Waals surface area contributed by atoms with Gasteiger partial charge in [0.25, 0.3) is 5.91 Å². The molecular formula is C15H14ClN3O2. The van der Waals surface area contributed by atoms with Crippen LogP contribution in [-0.4, -0.2) is 23.3 Å². The summed E-state index contributed by atoms with van der Waals surface area (Å²) in [5.41, 5.74) is 1.14. The lowest BCUT2D eigenvalue weighted by atomic mass is 10.2. The normalized spacial score (nSPS) is 9.95. The molecule has 2 N–H and O–H groups in total. The van der Waals surface area contributed by atoms with E-state index in [9.17, 15) is 9.59 Å². The van der Waals surface area contributed by atoms with Gasteiger partial charge in [0.2, 0.25) is 5.91 Å². The van der Waals surface area contributed by atoms with Crippen LogP contribution in [0.1, 0.15) is 16.8 Å². The molecule has 0 spiro atoms. The fourth-order valence-electron chi connectivity index (χ4n) is 1.65. The highest BCUT2D eigenvalue weighted by atomic mass is 35.5.